The zero-order chi connectivity index (χ0) is 19.8. The van der Waals surface area contributed by atoms with Gasteiger partial charge in [-0.2, -0.15) is 0 Å². The van der Waals surface area contributed by atoms with Gasteiger partial charge in [0, 0.05) is 12.2 Å². The van der Waals surface area contributed by atoms with Gasteiger partial charge < -0.3 is 15.1 Å². The quantitative estimate of drug-likeness (QED) is 0.894. The molecule has 0 unspecified atom stereocenters. The molecule has 144 valence electrons. The maximum absolute atomic E-state index is 13.2. The third kappa shape index (κ3) is 3.05. The van der Waals surface area contributed by atoms with Crippen molar-refractivity contribution in [2.24, 2.45) is 0 Å². The zero-order valence-electron chi connectivity index (χ0n) is 16.1. The van der Waals surface area contributed by atoms with Crippen molar-refractivity contribution in [1.82, 2.24) is 4.90 Å². The minimum Gasteiger partial charge on any atom is -0.327 e. The number of aryl methyl sites for hydroxylation is 1. The predicted molar refractivity (Wildman–Crippen MR) is 107 cm³/mol. The first-order valence-electron chi connectivity index (χ1n) is 9.55. The molecule has 1 fully saturated rings. The average Bonchev–Trinajstić information content (AvgIpc) is 3.16. The summed E-state index contributed by atoms with van der Waals surface area (Å²) in [5, 5.41) is 2.91. The van der Waals surface area contributed by atoms with Crippen molar-refractivity contribution >= 4 is 29.1 Å². The molecule has 0 spiro atoms. The SMILES string of the molecule is Cc1cccc(NC(=O)CN2C(=O)[C@H]3CCCN3C(=O)c3ccccc32)c1C. The van der Waals surface area contributed by atoms with Crippen LogP contribution in [0.1, 0.15) is 34.3 Å². The van der Waals surface area contributed by atoms with Crippen LogP contribution in [-0.2, 0) is 9.59 Å². The number of anilines is 2. The van der Waals surface area contributed by atoms with Gasteiger partial charge >= 0.3 is 0 Å². The second-order valence-corrected chi connectivity index (χ2v) is 7.39. The van der Waals surface area contributed by atoms with E-state index in [1.165, 1.54) is 4.90 Å². The smallest absolute Gasteiger partial charge is 0.256 e. The number of carbonyl (C=O) groups is 3. The fourth-order valence-electron chi connectivity index (χ4n) is 3.99. The van der Waals surface area contributed by atoms with Crippen LogP contribution in [-0.4, -0.2) is 41.8 Å². The molecule has 0 saturated carbocycles. The van der Waals surface area contributed by atoms with Gasteiger partial charge in [0.15, 0.2) is 0 Å². The Kier molecular flexibility index (Phi) is 4.63. The molecule has 1 N–H and O–H groups in total. The van der Waals surface area contributed by atoms with Crippen LogP contribution in [0.25, 0.3) is 0 Å². The van der Waals surface area contributed by atoms with Crippen molar-refractivity contribution in [3.05, 3.63) is 59.2 Å². The van der Waals surface area contributed by atoms with Crippen LogP contribution < -0.4 is 10.2 Å². The van der Waals surface area contributed by atoms with Crippen LogP contribution in [0.5, 0.6) is 0 Å². The lowest BCUT2D eigenvalue weighted by atomic mass is 10.1. The standard InChI is InChI=1S/C22H23N3O3/c1-14-7-5-9-17(15(14)2)23-20(26)13-25-18-10-4-3-8-16(18)21(27)24-12-6-11-19(24)22(25)28/h3-5,7-10,19H,6,11-13H2,1-2H3,(H,23,26)/t19-/m1/s1. The summed E-state index contributed by atoms with van der Waals surface area (Å²) in [6, 6.07) is 12.3. The minimum atomic E-state index is -0.492. The number of para-hydroxylation sites is 1. The Bertz CT molecular complexity index is 969. The summed E-state index contributed by atoms with van der Waals surface area (Å²) >= 11 is 0. The van der Waals surface area contributed by atoms with Gasteiger partial charge in [-0.15, -0.1) is 0 Å². The average molecular weight is 377 g/mol. The Morgan fingerprint density at radius 3 is 2.71 bits per heavy atom. The van der Waals surface area contributed by atoms with E-state index in [1.807, 2.05) is 32.0 Å². The summed E-state index contributed by atoms with van der Waals surface area (Å²) in [7, 11) is 0. The lowest BCUT2D eigenvalue weighted by molar-refractivity contribution is -0.124. The molecule has 2 aliphatic heterocycles. The minimum absolute atomic E-state index is 0.124. The van der Waals surface area contributed by atoms with Crippen molar-refractivity contribution in [3.63, 3.8) is 0 Å². The number of nitrogens with zero attached hydrogens (tertiary/aromatic N) is 2. The number of nitrogens with one attached hydrogen (secondary N) is 1. The Labute approximate surface area is 164 Å². The topological polar surface area (TPSA) is 69.7 Å². The highest BCUT2D eigenvalue weighted by atomic mass is 16.2. The first kappa shape index (κ1) is 18.2. The van der Waals surface area contributed by atoms with Crippen LogP contribution in [0.4, 0.5) is 11.4 Å². The van der Waals surface area contributed by atoms with Crippen molar-refractivity contribution < 1.29 is 14.4 Å². The van der Waals surface area contributed by atoms with Gasteiger partial charge in [-0.1, -0.05) is 24.3 Å². The number of carbonyl (C=O) groups excluding carboxylic acids is 3. The summed E-state index contributed by atoms with van der Waals surface area (Å²) in [5.41, 5.74) is 3.79. The number of benzene rings is 2. The largest absolute Gasteiger partial charge is 0.327 e. The molecule has 2 heterocycles. The van der Waals surface area contributed by atoms with E-state index in [-0.39, 0.29) is 24.3 Å². The summed E-state index contributed by atoms with van der Waals surface area (Å²) < 4.78 is 0. The summed E-state index contributed by atoms with van der Waals surface area (Å²) in [5.74, 6) is -0.605. The van der Waals surface area contributed by atoms with Crippen molar-refractivity contribution in [2.75, 3.05) is 23.3 Å². The molecule has 0 aliphatic carbocycles. The van der Waals surface area contributed by atoms with Gasteiger partial charge in [-0.05, 0) is 56.0 Å². The summed E-state index contributed by atoms with van der Waals surface area (Å²) in [6.07, 6.45) is 1.43. The van der Waals surface area contributed by atoms with E-state index in [0.29, 0.717) is 24.2 Å². The van der Waals surface area contributed by atoms with Crippen molar-refractivity contribution in [3.8, 4) is 0 Å². The molecule has 1 atom stereocenters. The van der Waals surface area contributed by atoms with Crippen molar-refractivity contribution in [1.29, 1.82) is 0 Å². The molecule has 4 rings (SSSR count). The summed E-state index contributed by atoms with van der Waals surface area (Å²) in [4.78, 5) is 42.0. The van der Waals surface area contributed by atoms with Gasteiger partial charge in [0.25, 0.3) is 5.91 Å². The highest BCUT2D eigenvalue weighted by molar-refractivity contribution is 6.13. The summed E-state index contributed by atoms with van der Waals surface area (Å²) in [6.45, 7) is 4.39. The predicted octanol–water partition coefficient (Wildman–Crippen LogP) is 2.89. The second kappa shape index (κ2) is 7.11. The molecule has 1 saturated heterocycles. The number of hydrogen-bond acceptors (Lipinski definition) is 3. The third-order valence-corrected chi connectivity index (χ3v) is 5.67. The van der Waals surface area contributed by atoms with Crippen molar-refractivity contribution in [2.45, 2.75) is 32.7 Å². The lowest BCUT2D eigenvalue weighted by Crippen LogP contribution is -2.47. The zero-order valence-corrected chi connectivity index (χ0v) is 16.1. The van der Waals surface area contributed by atoms with Crippen LogP contribution in [0.15, 0.2) is 42.5 Å². The molecule has 0 aromatic heterocycles. The van der Waals surface area contributed by atoms with Gasteiger partial charge in [-0.3, -0.25) is 14.4 Å². The van der Waals surface area contributed by atoms with E-state index >= 15 is 0 Å². The monoisotopic (exact) mass is 377 g/mol. The van der Waals surface area contributed by atoms with Crippen LogP contribution in [0, 0.1) is 13.8 Å². The molecule has 3 amide bonds. The number of hydrogen-bond donors (Lipinski definition) is 1. The normalized spacial score (nSPS) is 18.6. The second-order valence-electron chi connectivity index (χ2n) is 7.39. The lowest BCUT2D eigenvalue weighted by Gasteiger charge is -2.25. The Balaban J connectivity index is 1.64. The van der Waals surface area contributed by atoms with Crippen LogP contribution >= 0.6 is 0 Å². The van der Waals surface area contributed by atoms with Crippen LogP contribution in [0.2, 0.25) is 0 Å². The highest BCUT2D eigenvalue weighted by Crippen LogP contribution is 2.32. The van der Waals surface area contributed by atoms with E-state index in [2.05, 4.69) is 5.32 Å². The number of fused-ring (bicyclic) bond motifs is 2. The van der Waals surface area contributed by atoms with Gasteiger partial charge in [0.05, 0.1) is 11.3 Å². The molecule has 2 aromatic carbocycles. The maximum Gasteiger partial charge on any atom is 0.256 e. The number of amides is 3. The molecule has 6 heteroatoms. The Morgan fingerprint density at radius 1 is 1.11 bits per heavy atom. The van der Waals surface area contributed by atoms with Gasteiger partial charge in [-0.25, -0.2) is 0 Å². The molecule has 0 radical (unpaired) electrons. The molecule has 6 nitrogen and oxygen atoms in total. The highest BCUT2D eigenvalue weighted by Gasteiger charge is 2.42. The molecule has 2 aromatic rings. The Hall–Kier alpha value is -3.15. The van der Waals surface area contributed by atoms with E-state index in [4.69, 9.17) is 0 Å². The molecule has 2 aliphatic rings. The van der Waals surface area contributed by atoms with E-state index in [1.54, 1.807) is 29.2 Å². The fraction of sp³-hybridized carbons (Fsp3) is 0.318. The fourth-order valence-corrected chi connectivity index (χ4v) is 3.99. The molecule has 28 heavy (non-hydrogen) atoms. The first-order valence-corrected chi connectivity index (χ1v) is 9.55. The number of rotatable bonds is 3. The first-order chi connectivity index (χ1) is 13.5. The molecular weight excluding hydrogens is 354 g/mol. The third-order valence-electron chi connectivity index (χ3n) is 5.67. The van der Waals surface area contributed by atoms with Crippen LogP contribution in [0.3, 0.4) is 0 Å². The van der Waals surface area contributed by atoms with Gasteiger partial charge in [0.1, 0.15) is 12.6 Å². The molecular formula is C22H23N3O3. The van der Waals surface area contributed by atoms with E-state index in [9.17, 15) is 14.4 Å². The Morgan fingerprint density at radius 2 is 1.89 bits per heavy atom. The molecule has 0 bridgehead atoms. The van der Waals surface area contributed by atoms with E-state index < -0.39 is 6.04 Å². The van der Waals surface area contributed by atoms with Gasteiger partial charge in [0.2, 0.25) is 11.8 Å². The van der Waals surface area contributed by atoms with E-state index in [0.717, 1.165) is 23.2 Å². The maximum atomic E-state index is 13.2.